The minimum absolute atomic E-state index is 0.197. The fourth-order valence-electron chi connectivity index (χ4n) is 3.45. The molecule has 7 heteroatoms. The van der Waals surface area contributed by atoms with Gasteiger partial charge in [-0.3, -0.25) is 5.41 Å². The zero-order chi connectivity index (χ0) is 23.4. The number of allylic oxidation sites excluding steroid dienone is 2. The van der Waals surface area contributed by atoms with Crippen LogP contribution in [-0.2, 0) is 11.0 Å². The van der Waals surface area contributed by atoms with E-state index in [4.69, 9.17) is 14.9 Å². The third-order valence-corrected chi connectivity index (χ3v) is 7.24. The van der Waals surface area contributed by atoms with E-state index in [1.54, 1.807) is 32.2 Å². The fraction of sp³-hybridized carbons (Fsp3) is 0.240. The molecule has 0 saturated heterocycles. The SMILES string of the molecule is COc1ccc(C2=CN(S(=O)c3ccc(C)cc3)C(=N)/C2=C(C)/C(C)=C/SC)c(OC)c1. The monoisotopic (exact) mass is 468 g/mol. The van der Waals surface area contributed by atoms with Crippen molar-refractivity contribution in [3.05, 3.63) is 81.9 Å². The Balaban J connectivity index is 2.19. The normalized spacial score (nSPS) is 16.7. The maximum Gasteiger partial charge on any atom is 0.158 e. The highest BCUT2D eigenvalue weighted by Crippen LogP contribution is 2.41. The quantitative estimate of drug-likeness (QED) is 0.545. The lowest BCUT2D eigenvalue weighted by atomic mass is 9.93. The van der Waals surface area contributed by atoms with Crippen molar-refractivity contribution in [1.29, 1.82) is 5.41 Å². The summed E-state index contributed by atoms with van der Waals surface area (Å²) in [5, 5.41) is 11.0. The van der Waals surface area contributed by atoms with Gasteiger partial charge in [0.2, 0.25) is 0 Å². The molecule has 0 aliphatic carbocycles. The molecule has 5 nitrogen and oxygen atoms in total. The Morgan fingerprint density at radius 1 is 1.09 bits per heavy atom. The number of ether oxygens (including phenoxy) is 2. The first-order valence-electron chi connectivity index (χ1n) is 10.0. The molecule has 1 N–H and O–H groups in total. The molecule has 32 heavy (non-hydrogen) atoms. The summed E-state index contributed by atoms with van der Waals surface area (Å²) in [6.45, 7) is 6.01. The summed E-state index contributed by atoms with van der Waals surface area (Å²) in [6, 6.07) is 13.1. The number of hydrogen-bond donors (Lipinski definition) is 1. The van der Waals surface area contributed by atoms with Crippen molar-refractivity contribution >= 4 is 34.2 Å². The average Bonchev–Trinajstić information content (AvgIpc) is 3.14. The van der Waals surface area contributed by atoms with Gasteiger partial charge in [-0.25, -0.2) is 8.51 Å². The Labute approximate surface area is 196 Å². The van der Waals surface area contributed by atoms with Crippen molar-refractivity contribution in [2.45, 2.75) is 25.7 Å². The second kappa shape index (κ2) is 10.2. The maximum absolute atomic E-state index is 13.4. The zero-order valence-electron chi connectivity index (χ0n) is 19.2. The number of nitrogens with zero attached hydrogens (tertiary/aromatic N) is 1. The lowest BCUT2D eigenvalue weighted by Gasteiger charge is -2.17. The van der Waals surface area contributed by atoms with E-state index in [1.165, 1.54) is 4.31 Å². The average molecular weight is 469 g/mol. The van der Waals surface area contributed by atoms with Crippen molar-refractivity contribution in [3.8, 4) is 11.5 Å². The van der Waals surface area contributed by atoms with E-state index in [2.05, 4.69) is 5.41 Å². The van der Waals surface area contributed by atoms with E-state index in [9.17, 15) is 4.21 Å². The van der Waals surface area contributed by atoms with Crippen molar-refractivity contribution in [2.24, 2.45) is 0 Å². The van der Waals surface area contributed by atoms with Crippen molar-refractivity contribution in [3.63, 3.8) is 0 Å². The van der Waals surface area contributed by atoms with Gasteiger partial charge in [0.25, 0.3) is 0 Å². The van der Waals surface area contributed by atoms with Gasteiger partial charge in [-0.1, -0.05) is 17.7 Å². The lowest BCUT2D eigenvalue weighted by molar-refractivity contribution is 0.393. The molecule has 1 heterocycles. The van der Waals surface area contributed by atoms with Gasteiger partial charge >= 0.3 is 0 Å². The van der Waals surface area contributed by atoms with Crippen molar-refractivity contribution in [2.75, 3.05) is 20.5 Å². The van der Waals surface area contributed by atoms with E-state index in [0.29, 0.717) is 16.4 Å². The van der Waals surface area contributed by atoms with Crippen LogP contribution in [0.2, 0.25) is 0 Å². The molecule has 0 spiro atoms. The lowest BCUT2D eigenvalue weighted by Crippen LogP contribution is -2.24. The summed E-state index contributed by atoms with van der Waals surface area (Å²) < 4.78 is 25.9. The van der Waals surface area contributed by atoms with Crippen LogP contribution in [0.4, 0.5) is 0 Å². The highest BCUT2D eigenvalue weighted by atomic mass is 32.2. The standard InChI is InChI=1S/C25H28N2O3S2/c1-16-7-10-20(11-8-16)32(28)27-14-22(21-12-9-19(29-4)13-23(21)30-5)24(25(27)26)18(3)17(2)15-31-6/h7-15,26H,1-6H3/b17-15+,24-18+,26-25?. The van der Waals surface area contributed by atoms with Crippen LogP contribution < -0.4 is 9.47 Å². The molecule has 1 atom stereocenters. The Morgan fingerprint density at radius 3 is 2.38 bits per heavy atom. The number of nitrogens with one attached hydrogen (secondary N) is 1. The molecule has 0 amide bonds. The molecular formula is C25H28N2O3S2. The fourth-order valence-corrected chi connectivity index (χ4v) is 5.03. The molecule has 3 rings (SSSR count). The van der Waals surface area contributed by atoms with E-state index >= 15 is 0 Å². The summed E-state index contributed by atoms with van der Waals surface area (Å²) in [6.07, 6.45) is 3.79. The second-order valence-electron chi connectivity index (χ2n) is 7.38. The summed E-state index contributed by atoms with van der Waals surface area (Å²) in [5.74, 6) is 1.51. The van der Waals surface area contributed by atoms with Crippen molar-refractivity contribution in [1.82, 2.24) is 4.31 Å². The second-order valence-corrected chi connectivity index (χ2v) is 9.45. The molecule has 0 aromatic heterocycles. The Bertz CT molecular complexity index is 1150. The first kappa shape index (κ1) is 23.9. The summed E-state index contributed by atoms with van der Waals surface area (Å²) >= 11 is 1.61. The third kappa shape index (κ3) is 4.69. The topological polar surface area (TPSA) is 62.6 Å². The zero-order valence-corrected chi connectivity index (χ0v) is 20.8. The first-order valence-corrected chi connectivity index (χ1v) is 12.4. The van der Waals surface area contributed by atoms with Gasteiger partial charge in [0.05, 0.1) is 19.1 Å². The van der Waals surface area contributed by atoms with Gasteiger partial charge in [0.1, 0.15) is 17.3 Å². The van der Waals surface area contributed by atoms with Crippen LogP contribution in [0.3, 0.4) is 0 Å². The van der Waals surface area contributed by atoms with E-state index in [1.807, 2.05) is 69.5 Å². The summed E-state index contributed by atoms with van der Waals surface area (Å²) in [7, 11) is 1.66. The van der Waals surface area contributed by atoms with Gasteiger partial charge in [-0.15, -0.1) is 11.8 Å². The Kier molecular flexibility index (Phi) is 7.64. The summed E-state index contributed by atoms with van der Waals surface area (Å²) in [4.78, 5) is 0.646. The highest BCUT2D eigenvalue weighted by Gasteiger charge is 2.33. The molecule has 1 aliphatic heterocycles. The number of rotatable bonds is 7. The molecular weight excluding hydrogens is 440 g/mol. The van der Waals surface area contributed by atoms with Gasteiger partial charge in [-0.2, -0.15) is 0 Å². The predicted octanol–water partition coefficient (Wildman–Crippen LogP) is 5.95. The summed E-state index contributed by atoms with van der Waals surface area (Å²) in [5.41, 5.74) is 5.44. The third-order valence-electron chi connectivity index (χ3n) is 5.33. The van der Waals surface area contributed by atoms with Gasteiger partial charge in [-0.05, 0) is 67.8 Å². The molecule has 168 valence electrons. The van der Waals surface area contributed by atoms with Gasteiger partial charge in [0.15, 0.2) is 11.0 Å². The Morgan fingerprint density at radius 2 is 1.78 bits per heavy atom. The molecule has 1 unspecified atom stereocenters. The van der Waals surface area contributed by atoms with Crippen LogP contribution in [0.5, 0.6) is 11.5 Å². The van der Waals surface area contributed by atoms with E-state index in [0.717, 1.165) is 33.4 Å². The van der Waals surface area contributed by atoms with Crippen LogP contribution in [-0.4, -0.2) is 34.8 Å². The van der Waals surface area contributed by atoms with E-state index in [-0.39, 0.29) is 5.84 Å². The van der Waals surface area contributed by atoms with Gasteiger partial charge in [0, 0.05) is 29.0 Å². The number of methoxy groups -OCH3 is 2. The van der Waals surface area contributed by atoms with Crippen LogP contribution in [0, 0.1) is 12.3 Å². The van der Waals surface area contributed by atoms with Crippen LogP contribution >= 0.6 is 11.8 Å². The number of thioether (sulfide) groups is 1. The minimum Gasteiger partial charge on any atom is -0.497 e. The number of amidine groups is 1. The van der Waals surface area contributed by atoms with Crippen LogP contribution in [0.1, 0.15) is 25.0 Å². The molecule has 0 fully saturated rings. The van der Waals surface area contributed by atoms with E-state index < -0.39 is 11.0 Å². The molecule has 1 aliphatic rings. The number of hydrogen-bond acceptors (Lipinski definition) is 5. The molecule has 0 saturated carbocycles. The molecule has 2 aromatic rings. The molecule has 2 aromatic carbocycles. The smallest absolute Gasteiger partial charge is 0.158 e. The van der Waals surface area contributed by atoms with Crippen LogP contribution in [0.25, 0.3) is 5.57 Å². The molecule has 0 radical (unpaired) electrons. The largest absolute Gasteiger partial charge is 0.497 e. The highest BCUT2D eigenvalue weighted by molar-refractivity contribution is 8.01. The molecule has 0 bridgehead atoms. The van der Waals surface area contributed by atoms with Gasteiger partial charge < -0.3 is 9.47 Å². The number of benzene rings is 2. The maximum atomic E-state index is 13.4. The first-order chi connectivity index (χ1) is 15.3. The minimum atomic E-state index is -1.55. The van der Waals surface area contributed by atoms with Crippen LogP contribution in [0.15, 0.2) is 75.7 Å². The number of aryl methyl sites for hydroxylation is 1. The Hall–Kier alpha value is -2.77. The van der Waals surface area contributed by atoms with Crippen molar-refractivity contribution < 1.29 is 13.7 Å². The predicted molar refractivity (Wildman–Crippen MR) is 135 cm³/mol.